The molecule has 7 nitrogen and oxygen atoms in total. The van der Waals surface area contributed by atoms with Crippen LogP contribution in [0.2, 0.25) is 0 Å². The van der Waals surface area contributed by atoms with Gasteiger partial charge in [0.15, 0.2) is 0 Å². The predicted octanol–water partition coefficient (Wildman–Crippen LogP) is 1.21. The number of carbonyl (C=O) groups excluding carboxylic acids is 2. The minimum absolute atomic E-state index is 0.0918. The van der Waals surface area contributed by atoms with E-state index < -0.39 is 0 Å². The average Bonchev–Trinajstić information content (AvgIpc) is 3.24. The fourth-order valence-electron chi connectivity index (χ4n) is 2.39. The van der Waals surface area contributed by atoms with Gasteiger partial charge in [-0.2, -0.15) is 5.10 Å². The lowest BCUT2D eigenvalue weighted by atomic mass is 10.2. The minimum atomic E-state index is -0.295. The number of aromatic nitrogens is 2. The molecular weight excluding hydrogens is 296 g/mol. The zero-order valence-electron chi connectivity index (χ0n) is 12.6. The van der Waals surface area contributed by atoms with Crippen molar-refractivity contribution in [1.29, 1.82) is 0 Å². The summed E-state index contributed by atoms with van der Waals surface area (Å²) in [5.41, 5.74) is 1.13. The molecule has 7 heteroatoms. The van der Waals surface area contributed by atoms with Crippen LogP contribution in [0.15, 0.2) is 42.7 Å². The number of hydrogen-bond donors (Lipinski definition) is 2. The third-order valence-electron chi connectivity index (χ3n) is 3.61. The number of anilines is 1. The Morgan fingerprint density at radius 2 is 2.13 bits per heavy atom. The third kappa shape index (κ3) is 3.95. The Bertz CT molecular complexity index is 678. The monoisotopic (exact) mass is 314 g/mol. The minimum Gasteiger partial charge on any atom is -0.379 e. The molecule has 2 N–H and O–H groups in total. The van der Waals surface area contributed by atoms with Gasteiger partial charge in [-0.15, -0.1) is 0 Å². The first-order valence-electron chi connectivity index (χ1n) is 7.47. The Labute approximate surface area is 133 Å². The lowest BCUT2D eigenvalue weighted by molar-refractivity contribution is -0.115. The van der Waals surface area contributed by atoms with Gasteiger partial charge < -0.3 is 15.4 Å². The van der Waals surface area contributed by atoms with Gasteiger partial charge >= 0.3 is 0 Å². The van der Waals surface area contributed by atoms with Gasteiger partial charge in [-0.1, -0.05) is 18.2 Å². The van der Waals surface area contributed by atoms with E-state index in [9.17, 15) is 9.59 Å². The van der Waals surface area contributed by atoms with Gasteiger partial charge in [0.25, 0.3) is 5.91 Å². The second-order valence-electron chi connectivity index (χ2n) is 5.32. The van der Waals surface area contributed by atoms with Gasteiger partial charge in [0.1, 0.15) is 0 Å². The molecular formula is C16H18N4O3. The van der Waals surface area contributed by atoms with Crippen LogP contribution in [0.1, 0.15) is 22.8 Å². The van der Waals surface area contributed by atoms with Gasteiger partial charge in [0.05, 0.1) is 31.1 Å². The van der Waals surface area contributed by atoms with E-state index in [1.54, 1.807) is 41.3 Å². The fourth-order valence-corrected chi connectivity index (χ4v) is 2.39. The molecule has 0 radical (unpaired) electrons. The summed E-state index contributed by atoms with van der Waals surface area (Å²) in [4.78, 5) is 23.7. The maximum absolute atomic E-state index is 11.9. The van der Waals surface area contributed by atoms with E-state index in [0.29, 0.717) is 17.9 Å². The number of amides is 2. The molecule has 0 saturated carbocycles. The van der Waals surface area contributed by atoms with E-state index in [0.717, 1.165) is 13.0 Å². The highest BCUT2D eigenvalue weighted by Crippen LogP contribution is 2.19. The van der Waals surface area contributed by atoms with E-state index in [2.05, 4.69) is 15.7 Å². The first kappa shape index (κ1) is 15.2. The molecule has 120 valence electrons. The average molecular weight is 314 g/mol. The van der Waals surface area contributed by atoms with Gasteiger partial charge in [-0.05, 0) is 18.6 Å². The maximum Gasteiger partial charge on any atom is 0.251 e. The Morgan fingerprint density at radius 1 is 1.30 bits per heavy atom. The molecule has 1 aliphatic heterocycles. The first-order chi connectivity index (χ1) is 11.2. The van der Waals surface area contributed by atoms with Crippen LogP contribution in [-0.4, -0.2) is 41.4 Å². The van der Waals surface area contributed by atoms with Crippen LogP contribution < -0.4 is 10.6 Å². The van der Waals surface area contributed by atoms with E-state index in [4.69, 9.17) is 4.74 Å². The smallest absolute Gasteiger partial charge is 0.251 e. The fraction of sp³-hybridized carbons (Fsp3) is 0.312. The summed E-state index contributed by atoms with van der Waals surface area (Å²) >= 11 is 0. The van der Waals surface area contributed by atoms with E-state index in [1.807, 2.05) is 6.07 Å². The lowest BCUT2D eigenvalue weighted by Gasteiger charge is -2.07. The quantitative estimate of drug-likeness (QED) is 0.869. The number of benzene rings is 1. The Balaban J connectivity index is 1.48. The van der Waals surface area contributed by atoms with Crippen LogP contribution in [0.4, 0.5) is 5.69 Å². The van der Waals surface area contributed by atoms with Crippen molar-refractivity contribution in [2.75, 3.05) is 25.1 Å². The van der Waals surface area contributed by atoms with Gasteiger partial charge in [0.2, 0.25) is 5.91 Å². The summed E-state index contributed by atoms with van der Waals surface area (Å²) in [6.45, 7) is 1.28. The second kappa shape index (κ2) is 7.06. The van der Waals surface area contributed by atoms with Gasteiger partial charge in [-0.3, -0.25) is 14.3 Å². The number of nitrogens with zero attached hydrogens (tertiary/aromatic N) is 2. The predicted molar refractivity (Wildman–Crippen MR) is 84.1 cm³/mol. The molecule has 1 aromatic carbocycles. The second-order valence-corrected chi connectivity index (χ2v) is 5.32. The van der Waals surface area contributed by atoms with Gasteiger partial charge in [-0.25, -0.2) is 0 Å². The molecule has 2 aromatic rings. The lowest BCUT2D eigenvalue weighted by Crippen LogP contribution is -2.32. The molecule has 2 amide bonds. The van der Waals surface area contributed by atoms with E-state index in [-0.39, 0.29) is 24.4 Å². The van der Waals surface area contributed by atoms with Crippen molar-refractivity contribution >= 4 is 17.5 Å². The van der Waals surface area contributed by atoms with Crippen molar-refractivity contribution in [2.24, 2.45) is 0 Å². The standard InChI is InChI=1S/C16H18N4O3/c21-15(9-17-16(22)12-4-2-1-3-5-12)19-13-8-18-20(10-13)14-6-7-23-11-14/h1-5,8,10,14H,6-7,9,11H2,(H,17,22)(H,19,21)/t14-/m1/s1. The van der Waals surface area contributed by atoms with Crippen molar-refractivity contribution in [3.05, 3.63) is 48.3 Å². The molecule has 1 aromatic heterocycles. The number of rotatable bonds is 5. The van der Waals surface area contributed by atoms with Gasteiger partial charge in [0, 0.05) is 18.4 Å². The number of nitrogens with one attached hydrogen (secondary N) is 2. The third-order valence-corrected chi connectivity index (χ3v) is 3.61. The van der Waals surface area contributed by atoms with Crippen molar-refractivity contribution in [2.45, 2.75) is 12.5 Å². The summed E-state index contributed by atoms with van der Waals surface area (Å²) in [5.74, 6) is -0.573. The van der Waals surface area contributed by atoms with Crippen LogP contribution in [-0.2, 0) is 9.53 Å². The Morgan fingerprint density at radius 3 is 2.87 bits per heavy atom. The molecule has 0 unspecified atom stereocenters. The molecule has 2 heterocycles. The molecule has 1 aliphatic rings. The highest BCUT2D eigenvalue weighted by Gasteiger charge is 2.18. The molecule has 1 fully saturated rings. The van der Waals surface area contributed by atoms with Crippen molar-refractivity contribution in [3.63, 3.8) is 0 Å². The maximum atomic E-state index is 11.9. The molecule has 3 rings (SSSR count). The topological polar surface area (TPSA) is 85.3 Å². The normalized spacial score (nSPS) is 17.0. The summed E-state index contributed by atoms with van der Waals surface area (Å²) in [6.07, 6.45) is 4.29. The molecule has 0 spiro atoms. The summed E-state index contributed by atoms with van der Waals surface area (Å²) in [6, 6.07) is 8.99. The Kier molecular flexibility index (Phi) is 4.68. The molecule has 0 bridgehead atoms. The molecule has 0 aliphatic carbocycles. The Hall–Kier alpha value is -2.67. The molecule has 1 atom stereocenters. The van der Waals surface area contributed by atoms with Crippen molar-refractivity contribution in [3.8, 4) is 0 Å². The summed E-state index contributed by atoms with van der Waals surface area (Å²) in [5, 5.41) is 9.53. The van der Waals surface area contributed by atoms with Crippen LogP contribution in [0.3, 0.4) is 0 Å². The van der Waals surface area contributed by atoms with E-state index >= 15 is 0 Å². The largest absolute Gasteiger partial charge is 0.379 e. The summed E-state index contributed by atoms with van der Waals surface area (Å²) in [7, 11) is 0. The van der Waals surface area contributed by atoms with Crippen LogP contribution in [0, 0.1) is 0 Å². The van der Waals surface area contributed by atoms with Crippen LogP contribution in [0.5, 0.6) is 0 Å². The molecule has 23 heavy (non-hydrogen) atoms. The number of hydrogen-bond acceptors (Lipinski definition) is 4. The first-order valence-corrected chi connectivity index (χ1v) is 7.47. The SMILES string of the molecule is O=C(CNC(=O)c1ccccc1)Nc1cnn([C@@H]2CCOC2)c1. The number of carbonyl (C=O) groups is 2. The number of ether oxygens (including phenoxy) is 1. The highest BCUT2D eigenvalue weighted by molar-refractivity contribution is 5.99. The molecule has 1 saturated heterocycles. The zero-order valence-corrected chi connectivity index (χ0v) is 12.6. The highest BCUT2D eigenvalue weighted by atomic mass is 16.5. The van der Waals surface area contributed by atoms with E-state index in [1.165, 1.54) is 0 Å². The van der Waals surface area contributed by atoms with Crippen molar-refractivity contribution in [1.82, 2.24) is 15.1 Å². The van der Waals surface area contributed by atoms with Crippen molar-refractivity contribution < 1.29 is 14.3 Å². The zero-order chi connectivity index (χ0) is 16.1. The van der Waals surface area contributed by atoms with Crippen LogP contribution in [0.25, 0.3) is 0 Å². The summed E-state index contributed by atoms with van der Waals surface area (Å²) < 4.78 is 7.11. The van der Waals surface area contributed by atoms with Crippen LogP contribution >= 0.6 is 0 Å².